The van der Waals surface area contributed by atoms with Gasteiger partial charge in [0.1, 0.15) is 0 Å². The highest BCUT2D eigenvalue weighted by molar-refractivity contribution is 5.85. The van der Waals surface area contributed by atoms with Crippen LogP contribution in [0.3, 0.4) is 0 Å². The van der Waals surface area contributed by atoms with Gasteiger partial charge < -0.3 is 20.4 Å². The minimum Gasteiger partial charge on any atom is -0.363 e. The van der Waals surface area contributed by atoms with Crippen molar-refractivity contribution in [2.75, 3.05) is 47.8 Å². The molecule has 4 heterocycles. The van der Waals surface area contributed by atoms with Crippen LogP contribution in [0.4, 0.5) is 17.5 Å². The van der Waals surface area contributed by atoms with Crippen molar-refractivity contribution in [2.24, 2.45) is 0 Å². The molecule has 26 heavy (non-hydrogen) atoms. The van der Waals surface area contributed by atoms with Crippen molar-refractivity contribution in [3.05, 3.63) is 30.6 Å². The molecule has 0 spiro atoms. The topological polar surface area (TPSA) is 56.3 Å². The molecule has 1 aromatic heterocycles. The van der Waals surface area contributed by atoms with Gasteiger partial charge in [-0.1, -0.05) is 12.2 Å². The van der Waals surface area contributed by atoms with Crippen LogP contribution in [0.5, 0.6) is 0 Å². The molecule has 8 heteroatoms. The molecular formula is C18H28Cl2N6. The fraction of sp³-hybridized carbons (Fsp3) is 0.556. The molecule has 6 nitrogen and oxygen atoms in total. The molecule has 0 aliphatic carbocycles. The van der Waals surface area contributed by atoms with Crippen LogP contribution in [-0.2, 0) is 0 Å². The van der Waals surface area contributed by atoms with Crippen LogP contribution < -0.4 is 20.4 Å². The van der Waals surface area contributed by atoms with E-state index in [1.807, 2.05) is 12.3 Å². The van der Waals surface area contributed by atoms with E-state index < -0.39 is 0 Å². The second kappa shape index (κ2) is 10.00. The van der Waals surface area contributed by atoms with Crippen LogP contribution in [-0.4, -0.2) is 48.7 Å². The summed E-state index contributed by atoms with van der Waals surface area (Å²) in [4.78, 5) is 14.2. The number of anilines is 3. The Bertz CT molecular complexity index is 624. The first kappa shape index (κ1) is 20.8. The molecule has 0 amide bonds. The van der Waals surface area contributed by atoms with Crippen molar-refractivity contribution < 1.29 is 0 Å². The summed E-state index contributed by atoms with van der Waals surface area (Å²) in [7, 11) is 0. The molecule has 0 radical (unpaired) electrons. The van der Waals surface area contributed by atoms with Gasteiger partial charge in [-0.05, 0) is 38.3 Å². The van der Waals surface area contributed by atoms with E-state index in [9.17, 15) is 0 Å². The molecular weight excluding hydrogens is 371 g/mol. The van der Waals surface area contributed by atoms with Crippen LogP contribution >= 0.6 is 24.8 Å². The predicted octanol–water partition coefficient (Wildman–Crippen LogP) is 2.97. The van der Waals surface area contributed by atoms with Gasteiger partial charge in [-0.2, -0.15) is 0 Å². The fourth-order valence-electron chi connectivity index (χ4n) is 3.57. The number of nitrogens with one attached hydrogen (secondary N) is 2. The normalized spacial score (nSPS) is 21.9. The highest BCUT2D eigenvalue weighted by atomic mass is 35.5. The third-order valence-corrected chi connectivity index (χ3v) is 4.89. The van der Waals surface area contributed by atoms with Gasteiger partial charge in [0.05, 0.1) is 6.20 Å². The molecule has 2 N–H and O–H groups in total. The number of hydrogen-bond donors (Lipinski definition) is 2. The Balaban J connectivity index is 0.00000121. The van der Waals surface area contributed by atoms with Crippen LogP contribution in [0, 0.1) is 0 Å². The Hall–Kier alpha value is -1.50. The number of halogens is 2. The van der Waals surface area contributed by atoms with Crippen LogP contribution in [0.2, 0.25) is 0 Å². The van der Waals surface area contributed by atoms with Gasteiger partial charge in [0.15, 0.2) is 17.5 Å². The SMILES string of the molecule is C1=CCN(c2cnc(N3CCCC3)c(NC3CCCNC3)n2)C=C1.Cl.Cl. The highest BCUT2D eigenvalue weighted by Gasteiger charge is 2.22. The van der Waals surface area contributed by atoms with Crippen molar-refractivity contribution in [1.82, 2.24) is 15.3 Å². The number of piperidine rings is 1. The first-order valence-corrected chi connectivity index (χ1v) is 9.09. The van der Waals surface area contributed by atoms with Gasteiger partial charge in [0, 0.05) is 38.4 Å². The van der Waals surface area contributed by atoms with Gasteiger partial charge in [-0.25, -0.2) is 9.97 Å². The van der Waals surface area contributed by atoms with Crippen LogP contribution in [0.15, 0.2) is 30.6 Å². The average Bonchev–Trinajstić information content (AvgIpc) is 3.18. The second-order valence-electron chi connectivity index (χ2n) is 6.70. The average molecular weight is 399 g/mol. The van der Waals surface area contributed by atoms with Crippen molar-refractivity contribution >= 4 is 42.3 Å². The van der Waals surface area contributed by atoms with Gasteiger partial charge in [0.2, 0.25) is 0 Å². The van der Waals surface area contributed by atoms with E-state index in [0.717, 1.165) is 50.2 Å². The van der Waals surface area contributed by atoms with E-state index in [2.05, 4.69) is 38.8 Å². The molecule has 3 aliphatic heterocycles. The van der Waals surface area contributed by atoms with E-state index in [0.29, 0.717) is 6.04 Å². The third-order valence-electron chi connectivity index (χ3n) is 4.89. The predicted molar refractivity (Wildman–Crippen MR) is 113 cm³/mol. The molecule has 4 rings (SSSR count). The largest absolute Gasteiger partial charge is 0.363 e. The lowest BCUT2D eigenvalue weighted by Gasteiger charge is -2.28. The zero-order valence-electron chi connectivity index (χ0n) is 14.9. The summed E-state index contributed by atoms with van der Waals surface area (Å²) in [5.41, 5.74) is 0. The summed E-state index contributed by atoms with van der Waals surface area (Å²) in [6.45, 7) is 5.13. The Morgan fingerprint density at radius 2 is 1.96 bits per heavy atom. The van der Waals surface area contributed by atoms with Crippen molar-refractivity contribution in [3.63, 3.8) is 0 Å². The van der Waals surface area contributed by atoms with Gasteiger partial charge in [-0.15, -0.1) is 24.8 Å². The minimum atomic E-state index is 0. The smallest absolute Gasteiger partial charge is 0.171 e. The number of aromatic nitrogens is 2. The molecule has 1 atom stereocenters. The lowest BCUT2D eigenvalue weighted by atomic mass is 10.1. The van der Waals surface area contributed by atoms with E-state index in [4.69, 9.17) is 9.97 Å². The zero-order chi connectivity index (χ0) is 16.2. The Morgan fingerprint density at radius 3 is 2.65 bits per heavy atom. The maximum absolute atomic E-state index is 4.93. The molecule has 0 bridgehead atoms. The molecule has 1 unspecified atom stereocenters. The third kappa shape index (κ3) is 4.81. The summed E-state index contributed by atoms with van der Waals surface area (Å²) in [6, 6.07) is 0.432. The Morgan fingerprint density at radius 1 is 1.12 bits per heavy atom. The zero-order valence-corrected chi connectivity index (χ0v) is 16.6. The first-order valence-electron chi connectivity index (χ1n) is 9.09. The van der Waals surface area contributed by atoms with Gasteiger partial charge >= 0.3 is 0 Å². The standard InChI is InChI=1S/C18H26N6.2ClH/c1-2-9-23(10-3-1)16-14-20-18(24-11-4-5-12-24)17(22-16)21-15-7-6-8-19-13-15;;/h1-3,9,14-15,19H,4-8,10-13H2,(H,21,22);2*1H. The maximum Gasteiger partial charge on any atom is 0.171 e. The number of nitrogens with zero attached hydrogens (tertiary/aromatic N) is 4. The van der Waals surface area contributed by atoms with Gasteiger partial charge in [-0.3, -0.25) is 0 Å². The Labute approximate surface area is 168 Å². The molecule has 144 valence electrons. The van der Waals surface area contributed by atoms with Crippen molar-refractivity contribution in [3.8, 4) is 0 Å². The highest BCUT2D eigenvalue weighted by Crippen LogP contribution is 2.28. The van der Waals surface area contributed by atoms with E-state index >= 15 is 0 Å². The lowest BCUT2D eigenvalue weighted by Crippen LogP contribution is -2.39. The van der Waals surface area contributed by atoms with Crippen molar-refractivity contribution in [1.29, 1.82) is 0 Å². The summed E-state index contributed by atoms with van der Waals surface area (Å²) in [5, 5.41) is 7.13. The molecule has 3 aliphatic rings. The molecule has 2 fully saturated rings. The first-order chi connectivity index (χ1) is 11.9. The second-order valence-corrected chi connectivity index (χ2v) is 6.70. The van der Waals surface area contributed by atoms with E-state index in [1.165, 1.54) is 25.7 Å². The number of rotatable bonds is 4. The summed E-state index contributed by atoms with van der Waals surface area (Å²) >= 11 is 0. The summed E-state index contributed by atoms with van der Waals surface area (Å²) in [5.74, 6) is 2.86. The summed E-state index contributed by atoms with van der Waals surface area (Å²) < 4.78 is 0. The quantitative estimate of drug-likeness (QED) is 0.812. The Kier molecular flexibility index (Phi) is 8.00. The molecule has 1 aromatic rings. The molecule has 0 aromatic carbocycles. The van der Waals surface area contributed by atoms with E-state index in [1.54, 1.807) is 0 Å². The summed E-state index contributed by atoms with van der Waals surface area (Å²) in [6.07, 6.45) is 15.1. The minimum absolute atomic E-state index is 0. The fourth-order valence-corrected chi connectivity index (χ4v) is 3.57. The molecule has 0 saturated carbocycles. The van der Waals surface area contributed by atoms with Crippen molar-refractivity contribution in [2.45, 2.75) is 31.7 Å². The number of hydrogen-bond acceptors (Lipinski definition) is 6. The van der Waals surface area contributed by atoms with Crippen LogP contribution in [0.1, 0.15) is 25.7 Å². The lowest BCUT2D eigenvalue weighted by molar-refractivity contribution is 0.479. The molecule has 2 saturated heterocycles. The van der Waals surface area contributed by atoms with Crippen LogP contribution in [0.25, 0.3) is 0 Å². The van der Waals surface area contributed by atoms with E-state index in [-0.39, 0.29) is 24.8 Å². The van der Waals surface area contributed by atoms with Gasteiger partial charge in [0.25, 0.3) is 0 Å². The monoisotopic (exact) mass is 398 g/mol. The number of allylic oxidation sites excluding steroid dienone is 2. The maximum atomic E-state index is 4.93.